The van der Waals surface area contributed by atoms with Crippen LogP contribution in [-0.2, 0) is 17.9 Å². The van der Waals surface area contributed by atoms with Crippen LogP contribution in [0, 0.1) is 0 Å². The molecule has 0 bridgehead atoms. The van der Waals surface area contributed by atoms with Crippen LogP contribution in [0.5, 0.6) is 0 Å². The molecule has 0 radical (unpaired) electrons. The monoisotopic (exact) mass is 328 g/mol. The summed E-state index contributed by atoms with van der Waals surface area (Å²) in [7, 11) is 0. The number of carbonyl (C=O) groups is 2. The second-order valence-electron chi connectivity index (χ2n) is 5.85. The highest BCUT2D eigenvalue weighted by Crippen LogP contribution is 2.09. The summed E-state index contributed by atoms with van der Waals surface area (Å²) in [5, 5.41) is 12.7. The molecular formula is C17H20N4O3. The maximum Gasteiger partial charge on any atom is 0.356 e. The minimum absolute atomic E-state index is 0.0330. The third kappa shape index (κ3) is 3.99. The molecule has 0 atom stereocenters. The van der Waals surface area contributed by atoms with Crippen molar-refractivity contribution in [1.29, 1.82) is 0 Å². The van der Waals surface area contributed by atoms with E-state index in [9.17, 15) is 9.59 Å². The molecule has 2 heterocycles. The topological polar surface area (TPSA) is 78.7 Å². The third-order valence-electron chi connectivity index (χ3n) is 4.13. The number of hydrogen-bond acceptors (Lipinski definition) is 4. The van der Waals surface area contributed by atoms with Crippen molar-refractivity contribution in [2.45, 2.75) is 13.1 Å². The molecule has 2 aromatic rings. The number of hydrogen-bond donors (Lipinski definition) is 1. The highest BCUT2D eigenvalue weighted by molar-refractivity contribution is 5.85. The molecule has 0 aliphatic carbocycles. The van der Waals surface area contributed by atoms with Crippen LogP contribution in [0.2, 0.25) is 0 Å². The Labute approximate surface area is 140 Å². The van der Waals surface area contributed by atoms with Crippen molar-refractivity contribution >= 4 is 11.9 Å². The first-order valence-corrected chi connectivity index (χ1v) is 7.92. The molecule has 0 saturated carbocycles. The maximum absolute atomic E-state index is 12.3. The van der Waals surface area contributed by atoms with Crippen molar-refractivity contribution in [3.63, 3.8) is 0 Å². The first kappa shape index (κ1) is 16.2. The Hall–Kier alpha value is -2.67. The van der Waals surface area contributed by atoms with Gasteiger partial charge >= 0.3 is 5.97 Å². The van der Waals surface area contributed by atoms with E-state index in [-0.39, 0.29) is 18.1 Å². The largest absolute Gasteiger partial charge is 0.476 e. The fraction of sp³-hybridized carbons (Fsp3) is 0.353. The minimum Gasteiger partial charge on any atom is -0.476 e. The molecule has 1 saturated heterocycles. The summed E-state index contributed by atoms with van der Waals surface area (Å²) in [5.41, 5.74) is 1.23. The fourth-order valence-corrected chi connectivity index (χ4v) is 2.80. The summed E-state index contributed by atoms with van der Waals surface area (Å²) in [6.45, 7) is 3.99. The Bertz CT molecular complexity index is 706. The van der Waals surface area contributed by atoms with Gasteiger partial charge in [-0.1, -0.05) is 30.3 Å². The molecule has 1 aromatic heterocycles. The lowest BCUT2D eigenvalue weighted by molar-refractivity contribution is -0.133. The molecule has 126 valence electrons. The molecule has 0 unspecified atom stereocenters. The summed E-state index contributed by atoms with van der Waals surface area (Å²) >= 11 is 0. The van der Waals surface area contributed by atoms with Crippen molar-refractivity contribution in [2.75, 3.05) is 26.2 Å². The smallest absolute Gasteiger partial charge is 0.356 e. The molecular weight excluding hydrogens is 308 g/mol. The number of carbonyl (C=O) groups excluding carboxylic acids is 1. The molecule has 1 N–H and O–H groups in total. The summed E-state index contributed by atoms with van der Waals surface area (Å²) in [5.74, 6) is -1.12. The van der Waals surface area contributed by atoms with Gasteiger partial charge < -0.3 is 10.0 Å². The zero-order valence-corrected chi connectivity index (χ0v) is 13.3. The number of aromatic carboxylic acids is 1. The number of rotatable bonds is 5. The normalized spacial score (nSPS) is 15.4. The lowest BCUT2D eigenvalue weighted by Crippen LogP contribution is -2.49. The Morgan fingerprint density at radius 1 is 1.04 bits per heavy atom. The molecule has 24 heavy (non-hydrogen) atoms. The molecule has 1 fully saturated rings. The Morgan fingerprint density at radius 3 is 2.38 bits per heavy atom. The Balaban J connectivity index is 1.48. The van der Waals surface area contributed by atoms with E-state index in [2.05, 4.69) is 22.1 Å². The molecule has 0 spiro atoms. The van der Waals surface area contributed by atoms with Crippen molar-refractivity contribution in [2.24, 2.45) is 0 Å². The highest BCUT2D eigenvalue weighted by atomic mass is 16.4. The summed E-state index contributed by atoms with van der Waals surface area (Å²) in [4.78, 5) is 27.3. The predicted molar refractivity (Wildman–Crippen MR) is 87.5 cm³/mol. The summed E-state index contributed by atoms with van der Waals surface area (Å²) < 4.78 is 1.38. The van der Waals surface area contributed by atoms with E-state index in [1.807, 2.05) is 23.1 Å². The number of benzene rings is 1. The third-order valence-corrected chi connectivity index (χ3v) is 4.13. The van der Waals surface area contributed by atoms with Crippen LogP contribution in [0.3, 0.4) is 0 Å². The molecule has 7 nitrogen and oxygen atoms in total. The average molecular weight is 328 g/mol. The first-order valence-electron chi connectivity index (χ1n) is 7.92. The number of piperazine rings is 1. The summed E-state index contributed by atoms with van der Waals surface area (Å²) in [6.07, 6.45) is 1.52. The molecule has 7 heteroatoms. The van der Waals surface area contributed by atoms with Crippen LogP contribution in [-0.4, -0.2) is 62.7 Å². The van der Waals surface area contributed by atoms with Gasteiger partial charge in [-0.15, -0.1) is 0 Å². The zero-order chi connectivity index (χ0) is 16.9. The number of aromatic nitrogens is 2. The van der Waals surface area contributed by atoms with Crippen molar-refractivity contribution in [3.8, 4) is 0 Å². The molecule has 1 amide bonds. The van der Waals surface area contributed by atoms with Gasteiger partial charge in [0.15, 0.2) is 5.69 Å². The molecule has 3 rings (SSSR count). The average Bonchev–Trinajstić information content (AvgIpc) is 3.05. The van der Waals surface area contributed by atoms with Gasteiger partial charge in [0.25, 0.3) is 0 Å². The van der Waals surface area contributed by atoms with E-state index in [0.717, 1.165) is 19.6 Å². The van der Waals surface area contributed by atoms with Crippen molar-refractivity contribution in [1.82, 2.24) is 19.6 Å². The van der Waals surface area contributed by atoms with Gasteiger partial charge in [0.1, 0.15) is 6.54 Å². The van der Waals surface area contributed by atoms with Crippen LogP contribution < -0.4 is 0 Å². The predicted octanol–water partition coefficient (Wildman–Crippen LogP) is 0.926. The number of nitrogens with zero attached hydrogens (tertiary/aromatic N) is 4. The first-order chi connectivity index (χ1) is 11.6. The Kier molecular flexibility index (Phi) is 4.90. The lowest BCUT2D eigenvalue weighted by atomic mass is 10.2. The van der Waals surface area contributed by atoms with Gasteiger partial charge in [0, 0.05) is 38.9 Å². The highest BCUT2D eigenvalue weighted by Gasteiger charge is 2.21. The molecule has 1 aromatic carbocycles. The van der Waals surface area contributed by atoms with Crippen LogP contribution in [0.1, 0.15) is 16.1 Å². The van der Waals surface area contributed by atoms with Gasteiger partial charge in [0.05, 0.1) is 0 Å². The van der Waals surface area contributed by atoms with Gasteiger partial charge in [-0.3, -0.25) is 14.4 Å². The SMILES string of the molecule is O=C(O)c1ccn(CC(=O)N2CCN(Cc3ccccc3)CC2)n1. The van der Waals surface area contributed by atoms with E-state index >= 15 is 0 Å². The van der Waals surface area contributed by atoms with Gasteiger partial charge in [-0.25, -0.2) is 4.79 Å². The van der Waals surface area contributed by atoms with E-state index in [1.165, 1.54) is 22.5 Å². The maximum atomic E-state index is 12.3. The van der Waals surface area contributed by atoms with Crippen molar-refractivity contribution < 1.29 is 14.7 Å². The molecule has 1 aliphatic heterocycles. The number of carboxylic acid groups (broad SMARTS) is 1. The van der Waals surface area contributed by atoms with Crippen LogP contribution >= 0.6 is 0 Å². The number of amides is 1. The molecule has 1 aliphatic rings. The van der Waals surface area contributed by atoms with E-state index in [1.54, 1.807) is 0 Å². The summed E-state index contributed by atoms with van der Waals surface area (Å²) in [6, 6.07) is 11.7. The van der Waals surface area contributed by atoms with Crippen molar-refractivity contribution in [3.05, 3.63) is 53.9 Å². The van der Waals surface area contributed by atoms with Crippen LogP contribution in [0.4, 0.5) is 0 Å². The van der Waals surface area contributed by atoms with Gasteiger partial charge in [0.2, 0.25) is 5.91 Å². The number of carboxylic acids is 1. The Morgan fingerprint density at radius 2 is 1.75 bits per heavy atom. The van der Waals surface area contributed by atoms with E-state index in [4.69, 9.17) is 5.11 Å². The van der Waals surface area contributed by atoms with Gasteiger partial charge in [-0.2, -0.15) is 5.10 Å². The fourth-order valence-electron chi connectivity index (χ4n) is 2.80. The quantitative estimate of drug-likeness (QED) is 0.883. The van der Waals surface area contributed by atoms with Gasteiger partial charge in [-0.05, 0) is 11.6 Å². The minimum atomic E-state index is -1.09. The standard InChI is InChI=1S/C17H20N4O3/c22-16(13-21-7-6-15(18-21)17(23)24)20-10-8-19(9-11-20)12-14-4-2-1-3-5-14/h1-7H,8-13H2,(H,23,24). The van der Waals surface area contributed by atoms with E-state index < -0.39 is 5.97 Å². The zero-order valence-electron chi connectivity index (χ0n) is 13.3. The van der Waals surface area contributed by atoms with Crippen LogP contribution in [0.15, 0.2) is 42.6 Å². The lowest BCUT2D eigenvalue weighted by Gasteiger charge is -2.34. The second kappa shape index (κ2) is 7.27. The van der Waals surface area contributed by atoms with Crippen LogP contribution in [0.25, 0.3) is 0 Å². The second-order valence-corrected chi connectivity index (χ2v) is 5.85. The van der Waals surface area contributed by atoms with E-state index in [0.29, 0.717) is 13.1 Å².